The zero-order chi connectivity index (χ0) is 16.1. The van der Waals surface area contributed by atoms with Crippen LogP contribution in [0, 0.1) is 5.92 Å². The summed E-state index contributed by atoms with van der Waals surface area (Å²) in [5, 5.41) is 6.10. The predicted octanol–water partition coefficient (Wildman–Crippen LogP) is 1.95. The SMILES string of the molecule is I.NC(=NCC(=O)NC1CCOc2ccccc21)NCC1CCC1. The van der Waals surface area contributed by atoms with Crippen LogP contribution >= 0.6 is 24.0 Å². The third-order valence-electron chi connectivity index (χ3n) is 4.48. The van der Waals surface area contributed by atoms with Crippen LogP contribution < -0.4 is 21.1 Å². The smallest absolute Gasteiger partial charge is 0.242 e. The molecule has 0 spiro atoms. The maximum atomic E-state index is 12.1. The molecule has 1 aliphatic heterocycles. The number of ether oxygens (including phenoxy) is 1. The molecule has 1 aliphatic carbocycles. The second kappa shape index (κ2) is 9.10. The van der Waals surface area contributed by atoms with Gasteiger partial charge in [-0.15, -0.1) is 24.0 Å². The molecule has 1 amide bonds. The lowest BCUT2D eigenvalue weighted by Gasteiger charge is -2.26. The highest BCUT2D eigenvalue weighted by atomic mass is 127. The van der Waals surface area contributed by atoms with Gasteiger partial charge in [-0.3, -0.25) is 4.79 Å². The maximum Gasteiger partial charge on any atom is 0.242 e. The largest absolute Gasteiger partial charge is 0.493 e. The Morgan fingerprint density at radius 2 is 2.08 bits per heavy atom. The predicted molar refractivity (Wildman–Crippen MR) is 105 cm³/mol. The summed E-state index contributed by atoms with van der Waals surface area (Å²) in [6.45, 7) is 1.50. The number of carbonyl (C=O) groups is 1. The van der Waals surface area contributed by atoms with Crippen LogP contribution in [-0.2, 0) is 4.79 Å². The number of halogens is 1. The topological polar surface area (TPSA) is 88.7 Å². The summed E-state index contributed by atoms with van der Waals surface area (Å²) in [5.74, 6) is 1.77. The van der Waals surface area contributed by atoms with E-state index in [-0.39, 0.29) is 42.5 Å². The lowest BCUT2D eigenvalue weighted by Crippen LogP contribution is -2.39. The van der Waals surface area contributed by atoms with Crippen molar-refractivity contribution < 1.29 is 9.53 Å². The van der Waals surface area contributed by atoms with E-state index in [2.05, 4.69) is 15.6 Å². The molecule has 1 unspecified atom stereocenters. The van der Waals surface area contributed by atoms with E-state index < -0.39 is 0 Å². The molecule has 0 saturated heterocycles. The van der Waals surface area contributed by atoms with Crippen LogP contribution in [0.1, 0.15) is 37.3 Å². The van der Waals surface area contributed by atoms with Crippen molar-refractivity contribution in [3.8, 4) is 5.75 Å². The van der Waals surface area contributed by atoms with Crippen LogP contribution in [0.25, 0.3) is 0 Å². The number of guanidine groups is 1. The fourth-order valence-corrected chi connectivity index (χ4v) is 2.89. The fraction of sp³-hybridized carbons (Fsp3) is 0.529. The summed E-state index contributed by atoms with van der Waals surface area (Å²) >= 11 is 0. The molecule has 1 saturated carbocycles. The van der Waals surface area contributed by atoms with E-state index in [9.17, 15) is 4.79 Å². The summed E-state index contributed by atoms with van der Waals surface area (Å²) in [4.78, 5) is 16.2. The number of rotatable bonds is 5. The van der Waals surface area contributed by atoms with E-state index in [1.54, 1.807) is 0 Å². The average molecular weight is 444 g/mol. The molecule has 1 atom stereocenters. The number of nitrogens with one attached hydrogen (secondary N) is 2. The van der Waals surface area contributed by atoms with Crippen molar-refractivity contribution >= 4 is 35.8 Å². The van der Waals surface area contributed by atoms with Crippen LogP contribution in [0.3, 0.4) is 0 Å². The van der Waals surface area contributed by atoms with Crippen molar-refractivity contribution in [3.63, 3.8) is 0 Å². The van der Waals surface area contributed by atoms with E-state index in [1.807, 2.05) is 24.3 Å². The molecule has 132 valence electrons. The van der Waals surface area contributed by atoms with Crippen molar-refractivity contribution in [1.82, 2.24) is 10.6 Å². The number of nitrogens with zero attached hydrogens (tertiary/aromatic N) is 1. The molecule has 1 heterocycles. The highest BCUT2D eigenvalue weighted by molar-refractivity contribution is 14.0. The number of benzene rings is 1. The first-order valence-electron chi connectivity index (χ1n) is 8.27. The lowest BCUT2D eigenvalue weighted by molar-refractivity contribution is -0.120. The highest BCUT2D eigenvalue weighted by Gasteiger charge is 2.22. The number of amides is 1. The Labute approximate surface area is 159 Å². The molecule has 7 heteroatoms. The summed E-state index contributed by atoms with van der Waals surface area (Å²) in [5.41, 5.74) is 6.82. The van der Waals surface area contributed by atoms with Gasteiger partial charge in [0.1, 0.15) is 12.3 Å². The molecule has 4 N–H and O–H groups in total. The van der Waals surface area contributed by atoms with Gasteiger partial charge in [-0.05, 0) is 24.8 Å². The van der Waals surface area contributed by atoms with Gasteiger partial charge in [-0.2, -0.15) is 0 Å². The van der Waals surface area contributed by atoms with Gasteiger partial charge >= 0.3 is 0 Å². The molecule has 6 nitrogen and oxygen atoms in total. The number of hydrogen-bond donors (Lipinski definition) is 3. The van der Waals surface area contributed by atoms with Gasteiger partial charge in [-0.25, -0.2) is 4.99 Å². The van der Waals surface area contributed by atoms with Crippen LogP contribution in [0.4, 0.5) is 0 Å². The van der Waals surface area contributed by atoms with Crippen molar-refractivity contribution in [2.75, 3.05) is 19.7 Å². The van der Waals surface area contributed by atoms with Crippen molar-refractivity contribution in [3.05, 3.63) is 29.8 Å². The van der Waals surface area contributed by atoms with Crippen molar-refractivity contribution in [1.29, 1.82) is 0 Å². The molecule has 0 bridgehead atoms. The van der Waals surface area contributed by atoms with Gasteiger partial charge in [-0.1, -0.05) is 24.6 Å². The van der Waals surface area contributed by atoms with E-state index in [0.29, 0.717) is 18.5 Å². The molecule has 3 rings (SSSR count). The Hall–Kier alpha value is -1.51. The number of para-hydroxylation sites is 1. The minimum atomic E-state index is -0.125. The van der Waals surface area contributed by atoms with Gasteiger partial charge < -0.3 is 21.1 Å². The summed E-state index contributed by atoms with van der Waals surface area (Å²) in [7, 11) is 0. The van der Waals surface area contributed by atoms with Gasteiger partial charge in [0.25, 0.3) is 0 Å². The average Bonchev–Trinajstić information content (AvgIpc) is 2.52. The van der Waals surface area contributed by atoms with E-state index >= 15 is 0 Å². The normalized spacial score (nSPS) is 20.0. The Bertz CT molecular complexity index is 590. The second-order valence-electron chi connectivity index (χ2n) is 6.17. The molecular weight excluding hydrogens is 419 g/mol. The lowest BCUT2D eigenvalue weighted by atomic mass is 9.85. The molecule has 1 aromatic rings. The number of carbonyl (C=O) groups excluding carboxylic acids is 1. The third-order valence-corrected chi connectivity index (χ3v) is 4.48. The summed E-state index contributed by atoms with van der Waals surface area (Å²) in [6, 6.07) is 7.77. The molecular formula is C17H25IN4O2. The first-order valence-corrected chi connectivity index (χ1v) is 8.27. The standard InChI is InChI=1S/C17H24N4O2.HI/c18-17(19-10-12-4-3-5-12)20-11-16(22)21-14-8-9-23-15-7-2-1-6-13(14)15;/h1-2,6-7,12,14H,3-5,8-11H2,(H,21,22)(H3,18,19,20);1H. The highest BCUT2D eigenvalue weighted by Crippen LogP contribution is 2.31. The van der Waals surface area contributed by atoms with Crippen molar-refractivity contribution in [2.45, 2.75) is 31.7 Å². The minimum Gasteiger partial charge on any atom is -0.493 e. The third kappa shape index (κ3) is 4.99. The monoisotopic (exact) mass is 444 g/mol. The summed E-state index contributed by atoms with van der Waals surface area (Å²) < 4.78 is 5.60. The molecule has 0 aromatic heterocycles. The minimum absolute atomic E-state index is 0. The molecule has 0 radical (unpaired) electrons. The van der Waals surface area contributed by atoms with Gasteiger partial charge in [0.05, 0.1) is 12.6 Å². The molecule has 1 aromatic carbocycles. The maximum absolute atomic E-state index is 12.1. The van der Waals surface area contributed by atoms with Crippen LogP contribution in [0.2, 0.25) is 0 Å². The van der Waals surface area contributed by atoms with E-state index in [0.717, 1.165) is 24.3 Å². The van der Waals surface area contributed by atoms with Gasteiger partial charge in [0.2, 0.25) is 5.91 Å². The Morgan fingerprint density at radius 3 is 2.83 bits per heavy atom. The Morgan fingerprint density at radius 1 is 1.29 bits per heavy atom. The van der Waals surface area contributed by atoms with E-state index in [1.165, 1.54) is 19.3 Å². The second-order valence-corrected chi connectivity index (χ2v) is 6.17. The number of aliphatic imine (C=N–C) groups is 1. The van der Waals surface area contributed by atoms with Crippen molar-refractivity contribution in [2.24, 2.45) is 16.6 Å². The fourth-order valence-electron chi connectivity index (χ4n) is 2.89. The van der Waals surface area contributed by atoms with Gasteiger partial charge in [0.15, 0.2) is 5.96 Å². The zero-order valence-electron chi connectivity index (χ0n) is 13.7. The summed E-state index contributed by atoms with van der Waals surface area (Å²) in [6.07, 6.45) is 4.58. The molecule has 2 aliphatic rings. The number of nitrogens with two attached hydrogens (primary N) is 1. The quantitative estimate of drug-likeness (QED) is 0.368. The Balaban J connectivity index is 0.00000208. The molecule has 1 fully saturated rings. The van der Waals surface area contributed by atoms with E-state index in [4.69, 9.17) is 10.5 Å². The molecule has 24 heavy (non-hydrogen) atoms. The van der Waals surface area contributed by atoms with Gasteiger partial charge in [0, 0.05) is 18.5 Å². The van der Waals surface area contributed by atoms with Crippen LogP contribution in [0.5, 0.6) is 5.75 Å². The zero-order valence-corrected chi connectivity index (χ0v) is 16.0. The number of fused-ring (bicyclic) bond motifs is 1. The Kier molecular flexibility index (Phi) is 7.14. The number of hydrogen-bond acceptors (Lipinski definition) is 3. The van der Waals surface area contributed by atoms with Crippen LogP contribution in [-0.4, -0.2) is 31.6 Å². The first-order chi connectivity index (χ1) is 11.2. The first kappa shape index (κ1) is 18.8. The van der Waals surface area contributed by atoms with Crippen LogP contribution in [0.15, 0.2) is 29.3 Å².